The fourth-order valence-electron chi connectivity index (χ4n) is 5.19. The summed E-state index contributed by atoms with van der Waals surface area (Å²) in [6.07, 6.45) is -1.23. The lowest BCUT2D eigenvalue weighted by molar-refractivity contribution is -0.346. The number of aromatic nitrogens is 1. The molecule has 2 aliphatic carbocycles. The minimum Gasteiger partial charge on any atom is -0.493 e. The van der Waals surface area contributed by atoms with Crippen molar-refractivity contribution in [2.24, 2.45) is 11.8 Å². The number of rotatable bonds is 8. The van der Waals surface area contributed by atoms with Gasteiger partial charge in [-0.3, -0.25) is 4.74 Å². The quantitative estimate of drug-likeness (QED) is 0.376. The number of benzene rings is 2. The van der Waals surface area contributed by atoms with Crippen molar-refractivity contribution in [1.82, 2.24) is 4.57 Å². The molecule has 1 N–H and O–H groups in total. The summed E-state index contributed by atoms with van der Waals surface area (Å²) in [5.41, 5.74) is 2.28. The number of hydrogen-bond donors (Lipinski definition) is 1. The molecule has 5 nitrogen and oxygen atoms in total. The molecule has 0 spiro atoms. The van der Waals surface area contributed by atoms with Crippen molar-refractivity contribution in [3.8, 4) is 16.9 Å². The predicted molar refractivity (Wildman–Crippen MR) is 125 cm³/mol. The number of fused-ring (bicyclic) bond motifs is 1. The standard InChI is InChI=1S/C27H28F3NO4/c28-27(29,30)35-21-5-3-4-18(14-21)15-31-23-7-2-1-6-22(23)24(25(31)26(32)33)19-10-12-20(13-11-19)34-16-17-8-9-17/h1-2,6-7,10-13,17-18,21H,3-5,8-9,14-16H2,(H,32,33). The number of carboxylic acids is 1. The molecule has 0 aliphatic heterocycles. The van der Waals surface area contributed by atoms with Gasteiger partial charge in [0.15, 0.2) is 0 Å². The highest BCUT2D eigenvalue weighted by Gasteiger charge is 2.36. The number of hydrogen-bond acceptors (Lipinski definition) is 3. The number of para-hydroxylation sites is 1. The van der Waals surface area contributed by atoms with E-state index in [9.17, 15) is 23.1 Å². The van der Waals surface area contributed by atoms with E-state index in [-0.39, 0.29) is 18.0 Å². The number of halogens is 3. The van der Waals surface area contributed by atoms with Crippen molar-refractivity contribution in [3.63, 3.8) is 0 Å². The molecule has 0 bridgehead atoms. The Morgan fingerprint density at radius 1 is 1.00 bits per heavy atom. The largest absolute Gasteiger partial charge is 0.522 e. The molecule has 2 atom stereocenters. The van der Waals surface area contributed by atoms with E-state index in [1.165, 1.54) is 12.8 Å². The summed E-state index contributed by atoms with van der Waals surface area (Å²) in [4.78, 5) is 12.5. The molecule has 1 aromatic heterocycles. The van der Waals surface area contributed by atoms with Crippen LogP contribution in [0.15, 0.2) is 48.5 Å². The first kappa shape index (κ1) is 23.7. The van der Waals surface area contributed by atoms with Crippen molar-refractivity contribution < 1.29 is 32.5 Å². The molecule has 35 heavy (non-hydrogen) atoms. The topological polar surface area (TPSA) is 60.7 Å². The fourth-order valence-corrected chi connectivity index (χ4v) is 5.19. The van der Waals surface area contributed by atoms with Gasteiger partial charge in [-0.05, 0) is 67.7 Å². The van der Waals surface area contributed by atoms with Gasteiger partial charge in [0.05, 0.1) is 12.7 Å². The van der Waals surface area contributed by atoms with E-state index in [2.05, 4.69) is 4.74 Å². The van der Waals surface area contributed by atoms with Gasteiger partial charge < -0.3 is 14.4 Å². The predicted octanol–water partition coefficient (Wildman–Crippen LogP) is 6.89. The molecule has 8 heteroatoms. The maximum Gasteiger partial charge on any atom is 0.522 e. The summed E-state index contributed by atoms with van der Waals surface area (Å²) < 4.78 is 50.2. The minimum atomic E-state index is -4.67. The first-order valence-corrected chi connectivity index (χ1v) is 12.1. The number of alkyl halides is 3. The number of carboxylic acid groups (broad SMARTS) is 1. The van der Waals surface area contributed by atoms with Gasteiger partial charge in [0.25, 0.3) is 0 Å². The summed E-state index contributed by atoms with van der Waals surface area (Å²) in [5.74, 6) is 0.201. The first-order chi connectivity index (χ1) is 16.8. The van der Waals surface area contributed by atoms with Crippen LogP contribution in [-0.4, -0.2) is 34.7 Å². The van der Waals surface area contributed by atoms with Crippen molar-refractivity contribution in [3.05, 3.63) is 54.2 Å². The van der Waals surface area contributed by atoms with Crippen molar-refractivity contribution in [1.29, 1.82) is 0 Å². The molecule has 2 fully saturated rings. The molecule has 0 radical (unpaired) electrons. The Morgan fingerprint density at radius 3 is 2.43 bits per heavy atom. The van der Waals surface area contributed by atoms with Crippen LogP contribution < -0.4 is 4.74 Å². The van der Waals surface area contributed by atoms with E-state index in [1.54, 1.807) is 4.57 Å². The number of aromatic carboxylic acids is 1. The van der Waals surface area contributed by atoms with Crippen LogP contribution in [0, 0.1) is 11.8 Å². The van der Waals surface area contributed by atoms with Crippen LogP contribution in [-0.2, 0) is 11.3 Å². The summed E-state index contributed by atoms with van der Waals surface area (Å²) in [6.45, 7) is 1.02. The highest BCUT2D eigenvalue weighted by molar-refractivity contribution is 6.08. The first-order valence-electron chi connectivity index (χ1n) is 12.1. The second-order valence-corrected chi connectivity index (χ2v) is 9.65. The molecular formula is C27H28F3NO4. The van der Waals surface area contributed by atoms with Crippen molar-refractivity contribution in [2.45, 2.75) is 57.5 Å². The van der Waals surface area contributed by atoms with Gasteiger partial charge in [0, 0.05) is 23.0 Å². The normalized spacial score (nSPS) is 20.8. The third kappa shape index (κ3) is 5.48. The molecular weight excluding hydrogens is 459 g/mol. The number of ether oxygens (including phenoxy) is 2. The van der Waals surface area contributed by atoms with E-state index >= 15 is 0 Å². The van der Waals surface area contributed by atoms with Crippen LogP contribution in [0.1, 0.15) is 49.0 Å². The van der Waals surface area contributed by atoms with Gasteiger partial charge in [-0.1, -0.05) is 36.8 Å². The summed E-state index contributed by atoms with van der Waals surface area (Å²) in [6, 6.07) is 14.9. The molecule has 3 aromatic rings. The lowest BCUT2D eigenvalue weighted by atomic mass is 9.87. The Morgan fingerprint density at radius 2 is 1.74 bits per heavy atom. The lowest BCUT2D eigenvalue weighted by Crippen LogP contribution is -2.31. The SMILES string of the molecule is O=C(O)c1c(-c2ccc(OCC3CC3)cc2)c2ccccc2n1CC1CCCC(OC(F)(F)F)C1. The van der Waals surface area contributed by atoms with Crippen LogP contribution in [0.25, 0.3) is 22.0 Å². The van der Waals surface area contributed by atoms with Crippen LogP contribution in [0.3, 0.4) is 0 Å². The highest BCUT2D eigenvalue weighted by Crippen LogP contribution is 2.39. The zero-order chi connectivity index (χ0) is 24.6. The van der Waals surface area contributed by atoms with Crippen molar-refractivity contribution >= 4 is 16.9 Å². The molecule has 0 saturated heterocycles. The average molecular weight is 488 g/mol. The summed E-state index contributed by atoms with van der Waals surface area (Å²) >= 11 is 0. The number of nitrogens with zero attached hydrogens (tertiary/aromatic N) is 1. The Balaban J connectivity index is 1.47. The molecule has 0 amide bonds. The van der Waals surface area contributed by atoms with E-state index in [0.717, 1.165) is 28.6 Å². The van der Waals surface area contributed by atoms with E-state index < -0.39 is 18.4 Å². The van der Waals surface area contributed by atoms with Gasteiger partial charge in [-0.2, -0.15) is 0 Å². The molecule has 1 heterocycles. The van der Waals surface area contributed by atoms with Crippen LogP contribution in [0.2, 0.25) is 0 Å². The lowest BCUT2D eigenvalue weighted by Gasteiger charge is -2.30. The van der Waals surface area contributed by atoms with Crippen LogP contribution >= 0.6 is 0 Å². The monoisotopic (exact) mass is 487 g/mol. The molecule has 186 valence electrons. The van der Waals surface area contributed by atoms with Gasteiger partial charge in [0.2, 0.25) is 0 Å². The molecule has 2 saturated carbocycles. The van der Waals surface area contributed by atoms with Crippen molar-refractivity contribution in [2.75, 3.05) is 6.61 Å². The second-order valence-electron chi connectivity index (χ2n) is 9.65. The Hall–Kier alpha value is -3.00. The van der Waals surface area contributed by atoms with Crippen LogP contribution in [0.5, 0.6) is 5.75 Å². The summed E-state index contributed by atoms with van der Waals surface area (Å²) in [5, 5.41) is 11.0. The smallest absolute Gasteiger partial charge is 0.493 e. The third-order valence-corrected chi connectivity index (χ3v) is 6.97. The molecule has 2 unspecified atom stereocenters. The minimum absolute atomic E-state index is 0.115. The van der Waals surface area contributed by atoms with Gasteiger partial charge in [0.1, 0.15) is 11.4 Å². The van der Waals surface area contributed by atoms with Gasteiger partial charge in [-0.25, -0.2) is 4.79 Å². The van der Waals surface area contributed by atoms with E-state index in [0.29, 0.717) is 37.5 Å². The Labute approximate surface area is 201 Å². The second kappa shape index (κ2) is 9.57. The Kier molecular flexibility index (Phi) is 6.49. The Bertz CT molecular complexity index is 1200. The highest BCUT2D eigenvalue weighted by atomic mass is 19.4. The maximum atomic E-state index is 12.8. The van der Waals surface area contributed by atoms with Gasteiger partial charge in [-0.15, -0.1) is 13.2 Å². The van der Waals surface area contributed by atoms with E-state index in [1.807, 2.05) is 48.5 Å². The van der Waals surface area contributed by atoms with Crippen LogP contribution in [0.4, 0.5) is 13.2 Å². The van der Waals surface area contributed by atoms with Gasteiger partial charge >= 0.3 is 12.3 Å². The number of carbonyl (C=O) groups is 1. The fraction of sp³-hybridized carbons (Fsp3) is 0.444. The zero-order valence-electron chi connectivity index (χ0n) is 19.3. The zero-order valence-corrected chi connectivity index (χ0v) is 19.3. The third-order valence-electron chi connectivity index (χ3n) is 6.97. The average Bonchev–Trinajstić information content (AvgIpc) is 3.59. The molecule has 2 aliphatic rings. The molecule has 2 aromatic carbocycles. The van der Waals surface area contributed by atoms with E-state index in [4.69, 9.17) is 4.74 Å². The molecule has 5 rings (SSSR count). The summed E-state index contributed by atoms with van der Waals surface area (Å²) in [7, 11) is 0. The maximum absolute atomic E-state index is 12.8.